The second kappa shape index (κ2) is 11.4. The van der Waals surface area contributed by atoms with Gasteiger partial charge in [0.25, 0.3) is 0 Å². The summed E-state index contributed by atoms with van der Waals surface area (Å²) in [5, 5.41) is 18.6. The van der Waals surface area contributed by atoms with Gasteiger partial charge < -0.3 is 15.3 Å². The molecule has 2 N–H and O–H groups in total. The zero-order valence-corrected chi connectivity index (χ0v) is 25.9. The number of amides is 2. The van der Waals surface area contributed by atoms with Crippen LogP contribution in [0.3, 0.4) is 0 Å². The Morgan fingerprint density at radius 1 is 0.905 bits per heavy atom. The third-order valence-corrected chi connectivity index (χ3v) is 10.2. The number of benzene rings is 4. The van der Waals surface area contributed by atoms with Crippen molar-refractivity contribution in [3.8, 4) is 0 Å². The molecule has 7 nitrogen and oxygen atoms in total. The number of carboxylic acid groups (broad SMARTS) is 1. The molecule has 0 bridgehead atoms. The van der Waals surface area contributed by atoms with E-state index >= 15 is 0 Å². The Kier molecular flexibility index (Phi) is 7.71. The molecule has 0 saturated carbocycles. The van der Waals surface area contributed by atoms with E-state index in [1.807, 2.05) is 42.7 Å². The lowest BCUT2D eigenvalue weighted by Gasteiger charge is -2.37. The highest BCUT2D eigenvalue weighted by atomic mass is 127. The number of nitrogens with zero attached hydrogens (tertiary/aromatic N) is 3. The van der Waals surface area contributed by atoms with Crippen LogP contribution in [-0.2, 0) is 10.3 Å². The summed E-state index contributed by atoms with van der Waals surface area (Å²) in [6.07, 6.45) is 1.33. The number of carbonyl (C=O) groups is 2. The van der Waals surface area contributed by atoms with Crippen LogP contribution in [0.1, 0.15) is 23.1 Å². The maximum Gasteiger partial charge on any atom is 0.407 e. The van der Waals surface area contributed by atoms with E-state index in [-0.39, 0.29) is 12.5 Å². The average Bonchev–Trinajstić information content (AvgIpc) is 3.62. The van der Waals surface area contributed by atoms with E-state index in [2.05, 4.69) is 105 Å². The molecule has 0 spiro atoms. The van der Waals surface area contributed by atoms with E-state index in [0.717, 1.165) is 31.3 Å². The molecule has 212 valence electrons. The zero-order chi connectivity index (χ0) is 29.3. The SMILES string of the molecule is CS[C@@]1(C(=O)Nc2ccc3c(c2)c(I)nn3C(c2ccccc2)(c2ccccc2)c2ccccc2)CCN(C(=O)O)C1. The standard InChI is InChI=1S/C33H29IN4O3S/c1-42-32(19-20-37(22-32)31(40)41)30(39)35-26-17-18-28-27(21-26)29(34)36-38(28)33(23-11-5-2-6-12-23,24-13-7-3-8-14-24)25-15-9-4-10-16-25/h2-18,21H,19-20,22H2,1H3,(H,35,39)(H,40,41)/t32-/m0/s1. The van der Waals surface area contributed by atoms with Gasteiger partial charge >= 0.3 is 6.09 Å². The van der Waals surface area contributed by atoms with Crippen molar-refractivity contribution in [1.82, 2.24) is 14.7 Å². The second-order valence-electron chi connectivity index (χ2n) is 10.3. The third kappa shape index (κ3) is 4.74. The van der Waals surface area contributed by atoms with Crippen LogP contribution in [0.4, 0.5) is 10.5 Å². The van der Waals surface area contributed by atoms with Gasteiger partial charge in [0.2, 0.25) is 5.91 Å². The van der Waals surface area contributed by atoms with Crippen LogP contribution in [-0.4, -0.2) is 55.9 Å². The Morgan fingerprint density at radius 3 is 1.93 bits per heavy atom. The molecule has 1 aromatic heterocycles. The van der Waals surface area contributed by atoms with Crippen molar-refractivity contribution in [2.45, 2.75) is 16.7 Å². The Bertz CT molecular complexity index is 1650. The van der Waals surface area contributed by atoms with Crippen molar-refractivity contribution in [2.24, 2.45) is 0 Å². The molecule has 1 aliphatic rings. The maximum absolute atomic E-state index is 13.5. The number of nitrogens with one attached hydrogen (secondary N) is 1. The number of rotatable bonds is 7. The highest BCUT2D eigenvalue weighted by Gasteiger charge is 2.46. The Morgan fingerprint density at radius 2 is 1.45 bits per heavy atom. The number of halogens is 1. The predicted molar refractivity (Wildman–Crippen MR) is 176 cm³/mol. The van der Waals surface area contributed by atoms with Crippen LogP contribution < -0.4 is 5.32 Å². The first-order valence-electron chi connectivity index (χ1n) is 13.6. The van der Waals surface area contributed by atoms with E-state index in [1.165, 1.54) is 16.7 Å². The fourth-order valence-electron chi connectivity index (χ4n) is 5.95. The first-order chi connectivity index (χ1) is 20.4. The minimum Gasteiger partial charge on any atom is -0.465 e. The maximum atomic E-state index is 13.5. The molecule has 1 aliphatic heterocycles. The lowest BCUT2D eigenvalue weighted by atomic mass is 9.77. The fraction of sp³-hybridized carbons (Fsp3) is 0.182. The fourth-order valence-corrected chi connectivity index (χ4v) is 7.42. The molecule has 5 aromatic rings. The summed E-state index contributed by atoms with van der Waals surface area (Å²) in [4.78, 5) is 26.3. The van der Waals surface area contributed by atoms with Gasteiger partial charge in [0.1, 0.15) is 14.0 Å². The number of fused-ring (bicyclic) bond motifs is 1. The molecule has 6 rings (SSSR count). The van der Waals surface area contributed by atoms with Gasteiger partial charge in [-0.2, -0.15) is 5.10 Å². The monoisotopic (exact) mass is 688 g/mol. The lowest BCUT2D eigenvalue weighted by molar-refractivity contribution is -0.118. The van der Waals surface area contributed by atoms with Crippen LogP contribution in [0.15, 0.2) is 109 Å². The molecular weight excluding hydrogens is 659 g/mol. The molecule has 4 aromatic carbocycles. The van der Waals surface area contributed by atoms with Gasteiger partial charge in [-0.15, -0.1) is 11.8 Å². The molecule has 42 heavy (non-hydrogen) atoms. The van der Waals surface area contributed by atoms with Gasteiger partial charge in [-0.05, 0) is 70.2 Å². The molecule has 2 heterocycles. The summed E-state index contributed by atoms with van der Waals surface area (Å²) in [5.41, 5.74) is 4.04. The summed E-state index contributed by atoms with van der Waals surface area (Å²) in [7, 11) is 0. The minimum absolute atomic E-state index is 0.167. The first kappa shape index (κ1) is 28.3. The number of aromatic nitrogens is 2. The Labute approximate surface area is 262 Å². The van der Waals surface area contributed by atoms with E-state index in [1.54, 1.807) is 0 Å². The number of anilines is 1. The normalized spacial score (nSPS) is 17.0. The van der Waals surface area contributed by atoms with E-state index in [9.17, 15) is 14.7 Å². The zero-order valence-electron chi connectivity index (χ0n) is 22.9. The number of likely N-dealkylation sites (tertiary alicyclic amines) is 1. The van der Waals surface area contributed by atoms with Crippen molar-refractivity contribution in [3.05, 3.63) is 130 Å². The largest absolute Gasteiger partial charge is 0.465 e. The lowest BCUT2D eigenvalue weighted by Crippen LogP contribution is -2.43. The van der Waals surface area contributed by atoms with Crippen LogP contribution >= 0.6 is 34.4 Å². The van der Waals surface area contributed by atoms with Gasteiger partial charge in [0, 0.05) is 24.2 Å². The van der Waals surface area contributed by atoms with Gasteiger partial charge in [-0.25, -0.2) is 9.48 Å². The summed E-state index contributed by atoms with van der Waals surface area (Å²) in [6, 6.07) is 37.1. The highest BCUT2D eigenvalue weighted by molar-refractivity contribution is 14.1. The molecule has 1 saturated heterocycles. The van der Waals surface area contributed by atoms with Crippen molar-refractivity contribution in [2.75, 3.05) is 24.7 Å². The Balaban J connectivity index is 1.49. The topological polar surface area (TPSA) is 87.5 Å². The number of thioether (sulfide) groups is 1. The summed E-state index contributed by atoms with van der Waals surface area (Å²) < 4.78 is 2.08. The smallest absolute Gasteiger partial charge is 0.407 e. The molecule has 0 unspecified atom stereocenters. The van der Waals surface area contributed by atoms with Crippen molar-refractivity contribution in [3.63, 3.8) is 0 Å². The van der Waals surface area contributed by atoms with E-state index in [4.69, 9.17) is 5.10 Å². The highest BCUT2D eigenvalue weighted by Crippen LogP contribution is 2.43. The van der Waals surface area contributed by atoms with Crippen molar-refractivity contribution in [1.29, 1.82) is 0 Å². The predicted octanol–water partition coefficient (Wildman–Crippen LogP) is 6.91. The van der Waals surface area contributed by atoms with E-state index in [0.29, 0.717) is 18.7 Å². The molecule has 2 amide bonds. The van der Waals surface area contributed by atoms with Crippen molar-refractivity contribution >= 4 is 62.9 Å². The number of carbonyl (C=O) groups excluding carboxylic acids is 1. The summed E-state index contributed by atoms with van der Waals surface area (Å²) in [5.74, 6) is -0.187. The van der Waals surface area contributed by atoms with E-state index < -0.39 is 16.4 Å². The van der Waals surface area contributed by atoms with Crippen LogP contribution in [0.2, 0.25) is 0 Å². The molecular formula is C33H29IN4O3S. The number of hydrogen-bond acceptors (Lipinski definition) is 4. The number of hydrogen-bond donors (Lipinski definition) is 2. The first-order valence-corrected chi connectivity index (χ1v) is 15.9. The summed E-state index contributed by atoms with van der Waals surface area (Å²) in [6.45, 7) is 0.509. The molecule has 1 fully saturated rings. The second-order valence-corrected chi connectivity index (χ2v) is 12.6. The van der Waals surface area contributed by atoms with Crippen molar-refractivity contribution < 1.29 is 14.7 Å². The molecule has 1 atom stereocenters. The summed E-state index contributed by atoms with van der Waals surface area (Å²) >= 11 is 3.67. The molecule has 0 radical (unpaired) electrons. The molecule has 0 aliphatic carbocycles. The minimum atomic E-state index is -0.999. The van der Waals surface area contributed by atoms with Crippen LogP contribution in [0.25, 0.3) is 10.9 Å². The van der Waals surface area contributed by atoms with Gasteiger partial charge in [-0.1, -0.05) is 91.0 Å². The van der Waals surface area contributed by atoms with Gasteiger partial charge in [0.05, 0.1) is 5.52 Å². The Hall–Kier alpha value is -3.83. The van der Waals surface area contributed by atoms with Gasteiger partial charge in [0.15, 0.2) is 0 Å². The quantitative estimate of drug-likeness (QED) is 0.144. The molecule has 9 heteroatoms. The van der Waals surface area contributed by atoms with Gasteiger partial charge in [-0.3, -0.25) is 4.79 Å². The third-order valence-electron chi connectivity index (χ3n) is 8.09. The van der Waals surface area contributed by atoms with Crippen LogP contribution in [0.5, 0.6) is 0 Å². The van der Waals surface area contributed by atoms with Crippen LogP contribution in [0, 0.1) is 3.70 Å². The average molecular weight is 689 g/mol.